The third kappa shape index (κ3) is 4.51. The number of methoxy groups -OCH3 is 1. The first kappa shape index (κ1) is 19.5. The lowest BCUT2D eigenvalue weighted by Crippen LogP contribution is -2.23. The Morgan fingerprint density at radius 3 is 2.67 bits per heavy atom. The number of anilines is 2. The lowest BCUT2D eigenvalue weighted by Gasteiger charge is -2.20. The van der Waals surface area contributed by atoms with E-state index in [0.29, 0.717) is 16.6 Å². The smallest absolute Gasteiger partial charge is 0.230 e. The Morgan fingerprint density at radius 1 is 1.19 bits per heavy atom. The Kier molecular flexibility index (Phi) is 6.19. The molecular weight excluding hydrogens is 376 g/mol. The summed E-state index contributed by atoms with van der Waals surface area (Å²) in [5.41, 5.74) is 4.25. The van der Waals surface area contributed by atoms with Crippen LogP contribution < -0.4 is 9.64 Å². The maximum atomic E-state index is 12.3. The zero-order chi connectivity index (χ0) is 19.4. The molecule has 4 nitrogen and oxygen atoms in total. The summed E-state index contributed by atoms with van der Waals surface area (Å²) in [6.45, 7) is 5.78. The Hall–Kier alpha value is -2.31. The number of thiazole rings is 1. The molecule has 0 aliphatic rings. The number of hydrogen-bond donors (Lipinski definition) is 0. The van der Waals surface area contributed by atoms with Crippen molar-refractivity contribution < 1.29 is 9.53 Å². The van der Waals surface area contributed by atoms with E-state index in [9.17, 15) is 4.79 Å². The molecule has 0 bridgehead atoms. The third-order valence-corrected chi connectivity index (χ3v) is 6.14. The highest BCUT2D eigenvalue weighted by atomic mass is 32.2. The van der Waals surface area contributed by atoms with E-state index in [4.69, 9.17) is 4.74 Å². The molecule has 0 aliphatic heterocycles. The fourth-order valence-electron chi connectivity index (χ4n) is 2.65. The van der Waals surface area contributed by atoms with Gasteiger partial charge in [0.2, 0.25) is 5.91 Å². The monoisotopic (exact) mass is 398 g/mol. The third-order valence-electron chi connectivity index (χ3n) is 4.24. The molecule has 1 amide bonds. The minimum atomic E-state index is -0.0952. The average Bonchev–Trinajstić information content (AvgIpc) is 3.11. The molecule has 0 fully saturated rings. The highest BCUT2D eigenvalue weighted by Crippen LogP contribution is 2.36. The van der Waals surface area contributed by atoms with Crippen molar-refractivity contribution in [3.05, 3.63) is 64.7 Å². The first-order valence-electron chi connectivity index (χ1n) is 8.57. The van der Waals surface area contributed by atoms with Crippen LogP contribution in [0.3, 0.4) is 0 Å². The quantitative estimate of drug-likeness (QED) is 0.496. The van der Waals surface area contributed by atoms with Gasteiger partial charge in [0, 0.05) is 23.0 Å². The zero-order valence-electron chi connectivity index (χ0n) is 15.9. The summed E-state index contributed by atoms with van der Waals surface area (Å²) in [7, 11) is 1.60. The van der Waals surface area contributed by atoms with Crippen LogP contribution in [0.2, 0.25) is 0 Å². The van der Waals surface area contributed by atoms with Crippen molar-refractivity contribution in [2.24, 2.45) is 0 Å². The van der Waals surface area contributed by atoms with Gasteiger partial charge in [-0.15, -0.1) is 23.1 Å². The van der Waals surface area contributed by atoms with Gasteiger partial charge in [-0.25, -0.2) is 4.98 Å². The van der Waals surface area contributed by atoms with Crippen LogP contribution >= 0.6 is 23.1 Å². The van der Waals surface area contributed by atoms with E-state index in [1.807, 2.05) is 29.6 Å². The largest absolute Gasteiger partial charge is 0.495 e. The van der Waals surface area contributed by atoms with E-state index in [1.165, 1.54) is 34.3 Å². The molecule has 0 radical (unpaired) electrons. The van der Waals surface area contributed by atoms with Crippen molar-refractivity contribution in [1.29, 1.82) is 0 Å². The van der Waals surface area contributed by atoms with Crippen molar-refractivity contribution in [2.45, 2.75) is 31.4 Å². The molecule has 2 aromatic carbocycles. The van der Waals surface area contributed by atoms with Crippen LogP contribution in [0.15, 0.2) is 52.7 Å². The lowest BCUT2D eigenvalue weighted by molar-refractivity contribution is -0.115. The molecule has 0 aliphatic carbocycles. The maximum Gasteiger partial charge on any atom is 0.230 e. The summed E-state index contributed by atoms with van der Waals surface area (Å²) in [5.74, 6) is 1.31. The first-order valence-corrected chi connectivity index (χ1v) is 10.4. The number of rotatable bonds is 6. The van der Waals surface area contributed by atoms with Crippen molar-refractivity contribution >= 4 is 39.8 Å². The van der Waals surface area contributed by atoms with Gasteiger partial charge in [0.1, 0.15) is 5.75 Å². The molecule has 0 N–H and O–H groups in total. The first-order chi connectivity index (χ1) is 13.0. The second-order valence-electron chi connectivity index (χ2n) is 6.18. The highest BCUT2D eigenvalue weighted by Gasteiger charge is 2.21. The molecule has 6 heteroatoms. The van der Waals surface area contributed by atoms with Gasteiger partial charge < -0.3 is 4.74 Å². The van der Waals surface area contributed by atoms with Crippen LogP contribution in [0.25, 0.3) is 0 Å². The second kappa shape index (κ2) is 8.59. The number of hydrogen-bond acceptors (Lipinski definition) is 5. The van der Waals surface area contributed by atoms with Gasteiger partial charge in [0.15, 0.2) is 5.13 Å². The number of aryl methyl sites for hydroxylation is 2. The van der Waals surface area contributed by atoms with E-state index in [-0.39, 0.29) is 5.91 Å². The van der Waals surface area contributed by atoms with Crippen LogP contribution in [0, 0.1) is 13.8 Å². The number of para-hydroxylation sites is 2. The molecule has 27 heavy (non-hydrogen) atoms. The molecule has 0 saturated carbocycles. The number of nitrogens with zero attached hydrogens (tertiary/aromatic N) is 2. The van der Waals surface area contributed by atoms with Gasteiger partial charge in [-0.3, -0.25) is 9.69 Å². The summed E-state index contributed by atoms with van der Waals surface area (Å²) in [6.07, 6.45) is 0. The van der Waals surface area contributed by atoms with Gasteiger partial charge in [-0.1, -0.05) is 18.2 Å². The van der Waals surface area contributed by atoms with Crippen LogP contribution in [-0.4, -0.2) is 18.0 Å². The number of thioether (sulfide) groups is 1. The van der Waals surface area contributed by atoms with E-state index < -0.39 is 0 Å². The summed E-state index contributed by atoms with van der Waals surface area (Å²) in [4.78, 5) is 19.8. The number of benzene rings is 2. The number of aromatic nitrogens is 1. The summed E-state index contributed by atoms with van der Waals surface area (Å²) >= 11 is 3.22. The molecule has 1 heterocycles. The minimum absolute atomic E-state index is 0.0952. The number of carbonyl (C=O) groups excluding carboxylic acids is 1. The molecule has 3 aromatic rings. The Balaban J connectivity index is 1.80. The Labute approximate surface area is 168 Å². The standard InChI is InChI=1S/C21H22N2O2S2/c1-14-9-10-18(11-15(14)2)26-12-17-13-27-21(22-17)23(16(3)24)19-7-5-6-8-20(19)25-4/h5-11,13H,12H2,1-4H3. The summed E-state index contributed by atoms with van der Waals surface area (Å²) < 4.78 is 5.41. The molecular formula is C21H22N2O2S2. The molecule has 0 spiro atoms. The SMILES string of the molecule is COc1ccccc1N(C(C)=O)c1nc(CSc2ccc(C)c(C)c2)cs1. The Bertz CT molecular complexity index is 953. The molecule has 0 saturated heterocycles. The zero-order valence-corrected chi connectivity index (χ0v) is 17.5. The van der Waals surface area contributed by atoms with Gasteiger partial charge >= 0.3 is 0 Å². The number of ether oxygens (including phenoxy) is 1. The van der Waals surface area contributed by atoms with Crippen LogP contribution in [0.5, 0.6) is 5.75 Å². The van der Waals surface area contributed by atoms with E-state index >= 15 is 0 Å². The van der Waals surface area contributed by atoms with E-state index in [2.05, 4.69) is 37.0 Å². The Morgan fingerprint density at radius 2 is 1.96 bits per heavy atom. The van der Waals surface area contributed by atoms with Gasteiger partial charge in [-0.2, -0.15) is 0 Å². The van der Waals surface area contributed by atoms with Crippen LogP contribution in [0.1, 0.15) is 23.7 Å². The molecule has 0 atom stereocenters. The lowest BCUT2D eigenvalue weighted by atomic mass is 10.1. The fraction of sp³-hybridized carbons (Fsp3) is 0.238. The highest BCUT2D eigenvalue weighted by molar-refractivity contribution is 7.98. The molecule has 140 valence electrons. The normalized spacial score (nSPS) is 10.7. The predicted molar refractivity (Wildman–Crippen MR) is 113 cm³/mol. The molecule has 0 unspecified atom stereocenters. The van der Waals surface area contributed by atoms with Crippen LogP contribution in [0.4, 0.5) is 10.8 Å². The van der Waals surface area contributed by atoms with Gasteiger partial charge in [0.05, 0.1) is 18.5 Å². The van der Waals surface area contributed by atoms with Gasteiger partial charge in [0.25, 0.3) is 0 Å². The fourth-order valence-corrected chi connectivity index (χ4v) is 4.52. The van der Waals surface area contributed by atoms with E-state index in [1.54, 1.807) is 23.8 Å². The predicted octanol–water partition coefficient (Wildman–Crippen LogP) is 5.75. The minimum Gasteiger partial charge on any atom is -0.495 e. The second-order valence-corrected chi connectivity index (χ2v) is 8.07. The van der Waals surface area contributed by atoms with E-state index in [0.717, 1.165) is 11.4 Å². The number of carbonyl (C=O) groups is 1. The summed E-state index contributed by atoms with van der Waals surface area (Å²) in [6, 6.07) is 14.0. The van der Waals surface area contributed by atoms with Gasteiger partial charge in [-0.05, 0) is 49.2 Å². The van der Waals surface area contributed by atoms with Crippen LogP contribution in [-0.2, 0) is 10.5 Å². The molecule has 1 aromatic heterocycles. The number of amides is 1. The average molecular weight is 399 g/mol. The van der Waals surface area contributed by atoms with Crippen molar-refractivity contribution in [1.82, 2.24) is 4.98 Å². The topological polar surface area (TPSA) is 42.4 Å². The van der Waals surface area contributed by atoms with Crippen molar-refractivity contribution in [2.75, 3.05) is 12.0 Å². The molecule has 3 rings (SSSR count). The maximum absolute atomic E-state index is 12.3. The summed E-state index contributed by atoms with van der Waals surface area (Å²) in [5, 5.41) is 2.66. The van der Waals surface area contributed by atoms with Crippen molar-refractivity contribution in [3.8, 4) is 5.75 Å². The van der Waals surface area contributed by atoms with Crippen molar-refractivity contribution in [3.63, 3.8) is 0 Å².